The van der Waals surface area contributed by atoms with Crippen LogP contribution in [0.1, 0.15) is 18.5 Å². The molecule has 0 aliphatic rings. The Labute approximate surface area is 130 Å². The summed E-state index contributed by atoms with van der Waals surface area (Å²) in [6.07, 6.45) is 0. The molecule has 0 spiro atoms. The molecule has 2 aromatic carbocycles. The van der Waals surface area contributed by atoms with Gasteiger partial charge in [0, 0.05) is 12.1 Å². The molecule has 1 atom stereocenters. The van der Waals surface area contributed by atoms with E-state index in [1.165, 1.54) is 0 Å². The molecule has 0 fully saturated rings. The molecule has 1 N–H and O–H groups in total. The standard InChI is InChI=1S/C14H11Cl2FN2O2/c1-8(10-3-2-4-11(15)14(10)16)18-12-7-9(17)5-6-13(12)19(20)21/h2-8,18H,1H3. The number of nitro benzene ring substituents is 1. The van der Waals surface area contributed by atoms with Crippen LogP contribution in [0.4, 0.5) is 15.8 Å². The SMILES string of the molecule is CC(Nc1cc(F)ccc1[N+](=O)[O-])c1cccc(Cl)c1Cl. The molecule has 0 radical (unpaired) electrons. The second-order valence-corrected chi connectivity index (χ2v) is 5.21. The Morgan fingerprint density at radius 2 is 2.00 bits per heavy atom. The fourth-order valence-corrected chi connectivity index (χ4v) is 2.42. The van der Waals surface area contributed by atoms with Crippen LogP contribution < -0.4 is 5.32 Å². The predicted octanol–water partition coefficient (Wildman–Crippen LogP) is 5.21. The van der Waals surface area contributed by atoms with Crippen molar-refractivity contribution in [2.75, 3.05) is 5.32 Å². The van der Waals surface area contributed by atoms with Crippen molar-refractivity contribution in [2.24, 2.45) is 0 Å². The summed E-state index contributed by atoms with van der Waals surface area (Å²) < 4.78 is 13.3. The maximum absolute atomic E-state index is 13.3. The van der Waals surface area contributed by atoms with Gasteiger partial charge in [0.25, 0.3) is 5.69 Å². The van der Waals surface area contributed by atoms with E-state index in [1.807, 2.05) is 0 Å². The van der Waals surface area contributed by atoms with Gasteiger partial charge in [0.15, 0.2) is 0 Å². The van der Waals surface area contributed by atoms with Crippen molar-refractivity contribution in [1.82, 2.24) is 0 Å². The first-order valence-electron chi connectivity index (χ1n) is 6.04. The summed E-state index contributed by atoms with van der Waals surface area (Å²) in [6.45, 7) is 1.76. The van der Waals surface area contributed by atoms with Gasteiger partial charge in [-0.1, -0.05) is 35.3 Å². The summed E-state index contributed by atoms with van der Waals surface area (Å²) in [4.78, 5) is 10.4. The number of nitrogens with one attached hydrogen (secondary N) is 1. The maximum atomic E-state index is 13.3. The third kappa shape index (κ3) is 3.43. The number of benzene rings is 2. The van der Waals surface area contributed by atoms with Crippen molar-refractivity contribution >= 4 is 34.6 Å². The Hall–Kier alpha value is -1.85. The van der Waals surface area contributed by atoms with Crippen molar-refractivity contribution < 1.29 is 9.31 Å². The molecular formula is C14H11Cl2FN2O2. The fraction of sp³-hybridized carbons (Fsp3) is 0.143. The zero-order valence-electron chi connectivity index (χ0n) is 10.9. The molecule has 0 aliphatic carbocycles. The molecule has 0 bridgehead atoms. The summed E-state index contributed by atoms with van der Waals surface area (Å²) in [5.41, 5.74) is 0.549. The van der Waals surface area contributed by atoms with Crippen LogP contribution in [0.3, 0.4) is 0 Å². The van der Waals surface area contributed by atoms with Crippen LogP contribution in [0.5, 0.6) is 0 Å². The van der Waals surface area contributed by atoms with Gasteiger partial charge in [-0.3, -0.25) is 10.1 Å². The van der Waals surface area contributed by atoms with Gasteiger partial charge in [-0.05, 0) is 24.6 Å². The van der Waals surface area contributed by atoms with Crippen LogP contribution >= 0.6 is 23.2 Å². The van der Waals surface area contributed by atoms with E-state index in [1.54, 1.807) is 25.1 Å². The lowest BCUT2D eigenvalue weighted by molar-refractivity contribution is -0.384. The molecule has 7 heteroatoms. The number of nitrogens with zero attached hydrogens (tertiary/aromatic N) is 1. The van der Waals surface area contributed by atoms with E-state index >= 15 is 0 Å². The number of rotatable bonds is 4. The topological polar surface area (TPSA) is 55.2 Å². The first-order valence-corrected chi connectivity index (χ1v) is 6.80. The Balaban J connectivity index is 2.35. The molecule has 0 aliphatic heterocycles. The first kappa shape index (κ1) is 15.5. The van der Waals surface area contributed by atoms with Crippen LogP contribution in [0.2, 0.25) is 10.0 Å². The number of halogens is 3. The van der Waals surface area contributed by atoms with E-state index in [2.05, 4.69) is 5.32 Å². The van der Waals surface area contributed by atoms with Crippen LogP contribution in [0.25, 0.3) is 0 Å². The molecule has 1 unspecified atom stereocenters. The summed E-state index contributed by atoms with van der Waals surface area (Å²) in [5, 5.41) is 14.6. The average Bonchev–Trinajstić information content (AvgIpc) is 2.41. The molecule has 0 heterocycles. The number of hydrogen-bond donors (Lipinski definition) is 1. The fourth-order valence-electron chi connectivity index (χ4n) is 1.95. The zero-order chi connectivity index (χ0) is 15.6. The Morgan fingerprint density at radius 1 is 1.29 bits per heavy atom. The highest BCUT2D eigenvalue weighted by molar-refractivity contribution is 6.42. The van der Waals surface area contributed by atoms with E-state index in [4.69, 9.17) is 23.2 Å². The molecule has 2 aromatic rings. The Bertz CT molecular complexity index is 695. The minimum absolute atomic E-state index is 0.0866. The molecule has 0 saturated carbocycles. The van der Waals surface area contributed by atoms with E-state index in [0.29, 0.717) is 15.6 Å². The Kier molecular flexibility index (Phi) is 4.65. The van der Waals surface area contributed by atoms with Gasteiger partial charge in [0.2, 0.25) is 0 Å². The molecule has 110 valence electrons. The van der Waals surface area contributed by atoms with Crippen molar-refractivity contribution in [3.8, 4) is 0 Å². The number of hydrogen-bond acceptors (Lipinski definition) is 3. The quantitative estimate of drug-likeness (QED) is 0.618. The molecule has 0 saturated heterocycles. The number of nitro groups is 1. The van der Waals surface area contributed by atoms with Gasteiger partial charge in [-0.2, -0.15) is 0 Å². The van der Waals surface area contributed by atoms with Crippen molar-refractivity contribution in [3.05, 3.63) is 67.9 Å². The van der Waals surface area contributed by atoms with Crippen molar-refractivity contribution in [2.45, 2.75) is 13.0 Å². The van der Waals surface area contributed by atoms with Crippen LogP contribution in [-0.2, 0) is 0 Å². The average molecular weight is 329 g/mol. The monoisotopic (exact) mass is 328 g/mol. The smallest absolute Gasteiger partial charge is 0.292 e. The first-order chi connectivity index (χ1) is 9.90. The lowest BCUT2D eigenvalue weighted by Gasteiger charge is -2.17. The summed E-state index contributed by atoms with van der Waals surface area (Å²) >= 11 is 12.0. The van der Waals surface area contributed by atoms with Gasteiger partial charge >= 0.3 is 0 Å². The van der Waals surface area contributed by atoms with Crippen LogP contribution in [0, 0.1) is 15.9 Å². The van der Waals surface area contributed by atoms with Crippen LogP contribution in [-0.4, -0.2) is 4.92 Å². The largest absolute Gasteiger partial charge is 0.373 e. The van der Waals surface area contributed by atoms with Gasteiger partial charge in [0.1, 0.15) is 11.5 Å². The number of anilines is 1. The van der Waals surface area contributed by atoms with Crippen molar-refractivity contribution in [1.29, 1.82) is 0 Å². The van der Waals surface area contributed by atoms with Gasteiger partial charge in [-0.25, -0.2) is 4.39 Å². The van der Waals surface area contributed by atoms with Crippen LogP contribution in [0.15, 0.2) is 36.4 Å². The molecule has 2 rings (SSSR count). The highest BCUT2D eigenvalue weighted by atomic mass is 35.5. The lowest BCUT2D eigenvalue weighted by Crippen LogP contribution is -2.09. The highest BCUT2D eigenvalue weighted by Crippen LogP contribution is 2.34. The Morgan fingerprint density at radius 3 is 2.67 bits per heavy atom. The third-order valence-electron chi connectivity index (χ3n) is 2.98. The zero-order valence-corrected chi connectivity index (χ0v) is 12.5. The second-order valence-electron chi connectivity index (χ2n) is 4.43. The molecule has 0 aromatic heterocycles. The molecule has 0 amide bonds. The van der Waals surface area contributed by atoms with Crippen molar-refractivity contribution in [3.63, 3.8) is 0 Å². The molecular weight excluding hydrogens is 318 g/mol. The molecule has 4 nitrogen and oxygen atoms in total. The molecule has 21 heavy (non-hydrogen) atoms. The minimum atomic E-state index is -0.575. The highest BCUT2D eigenvalue weighted by Gasteiger charge is 2.18. The van der Waals surface area contributed by atoms with E-state index in [0.717, 1.165) is 18.2 Å². The maximum Gasteiger partial charge on any atom is 0.292 e. The summed E-state index contributed by atoms with van der Waals surface area (Å²) in [6, 6.07) is 7.97. The third-order valence-corrected chi connectivity index (χ3v) is 3.81. The predicted molar refractivity (Wildman–Crippen MR) is 81.6 cm³/mol. The van der Waals surface area contributed by atoms with Gasteiger partial charge < -0.3 is 5.32 Å². The van der Waals surface area contributed by atoms with Gasteiger partial charge in [0.05, 0.1) is 21.0 Å². The lowest BCUT2D eigenvalue weighted by atomic mass is 10.1. The van der Waals surface area contributed by atoms with E-state index < -0.39 is 10.7 Å². The normalized spacial score (nSPS) is 12.0. The summed E-state index contributed by atoms with van der Waals surface area (Å²) in [7, 11) is 0. The van der Waals surface area contributed by atoms with E-state index in [-0.39, 0.29) is 17.4 Å². The second kappa shape index (κ2) is 6.28. The van der Waals surface area contributed by atoms with Gasteiger partial charge in [-0.15, -0.1) is 0 Å². The minimum Gasteiger partial charge on any atom is -0.373 e. The van der Waals surface area contributed by atoms with E-state index in [9.17, 15) is 14.5 Å². The summed E-state index contributed by atoms with van der Waals surface area (Å²) in [5.74, 6) is -0.563.